The van der Waals surface area contributed by atoms with Crippen LogP contribution in [0.1, 0.15) is 6.42 Å². The van der Waals surface area contributed by atoms with Crippen LogP contribution in [-0.2, 0) is 4.79 Å². The van der Waals surface area contributed by atoms with E-state index in [1.54, 1.807) is 11.9 Å². The molecule has 1 spiro atoms. The highest BCUT2D eigenvalue weighted by Gasteiger charge is 2.45. The van der Waals surface area contributed by atoms with Gasteiger partial charge in [-0.2, -0.15) is 0 Å². The molecule has 0 saturated carbocycles. The van der Waals surface area contributed by atoms with E-state index in [9.17, 15) is 9.59 Å². The fraction of sp³-hybridized carbons (Fsp3) is 0.778. The van der Waals surface area contributed by atoms with Crippen LogP contribution in [0.15, 0.2) is 0 Å². The van der Waals surface area contributed by atoms with Crippen molar-refractivity contribution in [2.24, 2.45) is 0 Å². The molecule has 3 N–H and O–H groups in total. The van der Waals surface area contributed by atoms with E-state index < -0.39 is 0 Å². The van der Waals surface area contributed by atoms with Crippen LogP contribution in [0.25, 0.3) is 0 Å². The second-order valence-electron chi connectivity index (χ2n) is 4.07. The first-order valence-corrected chi connectivity index (χ1v) is 5.15. The number of amides is 3. The van der Waals surface area contributed by atoms with E-state index in [0.717, 1.165) is 19.5 Å². The molecule has 2 aliphatic heterocycles. The first kappa shape index (κ1) is 10.2. The second kappa shape index (κ2) is 3.69. The maximum absolute atomic E-state index is 11.7. The Labute approximate surface area is 88.4 Å². The molecule has 2 saturated heterocycles. The zero-order valence-corrected chi connectivity index (χ0v) is 8.80. The molecule has 0 aromatic rings. The Kier molecular flexibility index (Phi) is 2.52. The van der Waals surface area contributed by atoms with Crippen LogP contribution in [0.4, 0.5) is 4.79 Å². The second-order valence-corrected chi connectivity index (χ2v) is 4.07. The molecule has 0 radical (unpaired) electrons. The Bertz CT molecular complexity index is 286. The molecular formula is C9H16N4O2. The van der Waals surface area contributed by atoms with E-state index in [-0.39, 0.29) is 24.0 Å². The largest absolute Gasteiger partial charge is 0.352 e. The van der Waals surface area contributed by atoms with Crippen LogP contribution in [-0.4, -0.2) is 55.6 Å². The van der Waals surface area contributed by atoms with E-state index in [1.807, 2.05) is 0 Å². The van der Waals surface area contributed by atoms with Crippen molar-refractivity contribution in [3.8, 4) is 0 Å². The van der Waals surface area contributed by atoms with Crippen molar-refractivity contribution in [2.75, 3.05) is 33.2 Å². The molecule has 2 aliphatic rings. The van der Waals surface area contributed by atoms with E-state index in [4.69, 9.17) is 0 Å². The van der Waals surface area contributed by atoms with E-state index in [0.29, 0.717) is 6.54 Å². The Morgan fingerprint density at radius 3 is 2.93 bits per heavy atom. The number of carbonyl (C=O) groups is 2. The molecule has 2 heterocycles. The predicted octanol–water partition coefficient (Wildman–Crippen LogP) is -1.51. The summed E-state index contributed by atoms with van der Waals surface area (Å²) < 4.78 is 0. The van der Waals surface area contributed by atoms with Crippen molar-refractivity contribution in [2.45, 2.75) is 12.0 Å². The van der Waals surface area contributed by atoms with E-state index in [1.165, 1.54) is 0 Å². The molecule has 0 bridgehead atoms. The lowest BCUT2D eigenvalue weighted by Gasteiger charge is -2.43. The fourth-order valence-corrected chi connectivity index (χ4v) is 2.26. The van der Waals surface area contributed by atoms with Crippen molar-refractivity contribution in [1.29, 1.82) is 0 Å². The monoisotopic (exact) mass is 212 g/mol. The molecule has 3 amide bonds. The maximum Gasteiger partial charge on any atom is 0.318 e. The van der Waals surface area contributed by atoms with Crippen LogP contribution in [0.5, 0.6) is 0 Å². The summed E-state index contributed by atoms with van der Waals surface area (Å²) in [5.41, 5.74) is -0.228. The van der Waals surface area contributed by atoms with Gasteiger partial charge in [-0.05, 0) is 13.0 Å². The predicted molar refractivity (Wildman–Crippen MR) is 54.4 cm³/mol. The van der Waals surface area contributed by atoms with Gasteiger partial charge >= 0.3 is 6.03 Å². The molecular weight excluding hydrogens is 196 g/mol. The highest BCUT2D eigenvalue weighted by Crippen LogP contribution is 2.24. The van der Waals surface area contributed by atoms with Gasteiger partial charge in [0.25, 0.3) is 0 Å². The number of hydrogen-bond donors (Lipinski definition) is 3. The highest BCUT2D eigenvalue weighted by molar-refractivity contribution is 5.86. The summed E-state index contributed by atoms with van der Waals surface area (Å²) in [5.74, 6) is -0.0869. The molecule has 2 rings (SSSR count). The average molecular weight is 212 g/mol. The molecule has 6 heteroatoms. The first-order chi connectivity index (χ1) is 7.18. The van der Waals surface area contributed by atoms with Crippen LogP contribution >= 0.6 is 0 Å². The number of hydrogen-bond acceptors (Lipinski definition) is 3. The standard InChI is InChI=1S/C9H16N4O2/c1-10-8(15)13-4-7(14)12-6-9(13)2-3-11-5-9/h11H,2-6H2,1H3,(H,10,15)(H,12,14)/t9-/m1/s1. The molecule has 0 unspecified atom stereocenters. The third kappa shape index (κ3) is 1.65. The average Bonchev–Trinajstić information content (AvgIpc) is 2.70. The Balaban J connectivity index is 2.20. The minimum Gasteiger partial charge on any atom is -0.352 e. The lowest BCUT2D eigenvalue weighted by molar-refractivity contribution is -0.126. The SMILES string of the molecule is CNC(=O)N1CC(=O)NC[C@]12CCNC2. The minimum atomic E-state index is -0.228. The van der Waals surface area contributed by atoms with Crippen molar-refractivity contribution < 1.29 is 9.59 Å². The summed E-state index contributed by atoms with van der Waals surface area (Å²) in [4.78, 5) is 24.6. The number of carbonyl (C=O) groups excluding carboxylic acids is 2. The molecule has 1 atom stereocenters. The summed E-state index contributed by atoms with van der Waals surface area (Å²) in [7, 11) is 1.59. The van der Waals surface area contributed by atoms with Crippen LogP contribution in [0.2, 0.25) is 0 Å². The van der Waals surface area contributed by atoms with E-state index >= 15 is 0 Å². The van der Waals surface area contributed by atoms with Gasteiger partial charge in [0, 0.05) is 20.1 Å². The van der Waals surface area contributed by atoms with Gasteiger partial charge in [0.05, 0.1) is 5.54 Å². The van der Waals surface area contributed by atoms with E-state index in [2.05, 4.69) is 16.0 Å². The molecule has 15 heavy (non-hydrogen) atoms. The smallest absolute Gasteiger partial charge is 0.318 e. The van der Waals surface area contributed by atoms with Gasteiger partial charge in [0.1, 0.15) is 6.54 Å². The summed E-state index contributed by atoms with van der Waals surface area (Å²) in [6, 6.07) is -0.173. The quantitative estimate of drug-likeness (QED) is 0.457. The van der Waals surface area contributed by atoms with Crippen LogP contribution < -0.4 is 16.0 Å². The van der Waals surface area contributed by atoms with Crippen LogP contribution in [0, 0.1) is 0 Å². The number of nitrogens with one attached hydrogen (secondary N) is 3. The summed E-state index contributed by atoms with van der Waals surface area (Å²) >= 11 is 0. The molecule has 0 aromatic carbocycles. The number of piperazine rings is 1. The van der Waals surface area contributed by atoms with Crippen molar-refractivity contribution in [1.82, 2.24) is 20.9 Å². The maximum atomic E-state index is 11.7. The lowest BCUT2D eigenvalue weighted by Crippen LogP contribution is -2.67. The zero-order chi connectivity index (χ0) is 10.9. The van der Waals surface area contributed by atoms with Gasteiger partial charge < -0.3 is 20.9 Å². The van der Waals surface area contributed by atoms with Crippen molar-refractivity contribution >= 4 is 11.9 Å². The highest BCUT2D eigenvalue weighted by atomic mass is 16.2. The number of nitrogens with zero attached hydrogens (tertiary/aromatic N) is 1. The van der Waals surface area contributed by atoms with Crippen LogP contribution in [0.3, 0.4) is 0 Å². The summed E-state index contributed by atoms with van der Waals surface area (Å²) in [5, 5.41) is 8.64. The van der Waals surface area contributed by atoms with Gasteiger partial charge in [-0.15, -0.1) is 0 Å². The fourth-order valence-electron chi connectivity index (χ4n) is 2.26. The molecule has 6 nitrogen and oxygen atoms in total. The molecule has 0 aliphatic carbocycles. The third-order valence-corrected chi connectivity index (χ3v) is 3.17. The normalized spacial score (nSPS) is 30.5. The zero-order valence-electron chi connectivity index (χ0n) is 8.80. The number of rotatable bonds is 0. The molecule has 2 fully saturated rings. The van der Waals surface area contributed by atoms with Crippen molar-refractivity contribution in [3.63, 3.8) is 0 Å². The summed E-state index contributed by atoms with van der Waals surface area (Å²) in [6.45, 7) is 2.34. The molecule has 0 aromatic heterocycles. The summed E-state index contributed by atoms with van der Waals surface area (Å²) in [6.07, 6.45) is 0.890. The lowest BCUT2D eigenvalue weighted by atomic mass is 9.94. The minimum absolute atomic E-state index is 0.0869. The van der Waals surface area contributed by atoms with Gasteiger partial charge in [-0.25, -0.2) is 4.79 Å². The molecule has 84 valence electrons. The van der Waals surface area contributed by atoms with Gasteiger partial charge in [0.2, 0.25) is 5.91 Å². The Hall–Kier alpha value is -1.30. The third-order valence-electron chi connectivity index (χ3n) is 3.17. The van der Waals surface area contributed by atoms with Gasteiger partial charge in [0.15, 0.2) is 0 Å². The number of urea groups is 1. The Morgan fingerprint density at radius 1 is 1.53 bits per heavy atom. The topological polar surface area (TPSA) is 73.5 Å². The van der Waals surface area contributed by atoms with Gasteiger partial charge in [-0.3, -0.25) is 4.79 Å². The van der Waals surface area contributed by atoms with Crippen molar-refractivity contribution in [3.05, 3.63) is 0 Å². The Morgan fingerprint density at radius 2 is 2.33 bits per heavy atom. The van der Waals surface area contributed by atoms with Gasteiger partial charge in [-0.1, -0.05) is 0 Å². The first-order valence-electron chi connectivity index (χ1n) is 5.15.